The molecule has 1 N–H and O–H groups in total. The maximum absolute atomic E-state index is 9.05. The van der Waals surface area contributed by atoms with Crippen molar-refractivity contribution in [2.24, 2.45) is 0 Å². The summed E-state index contributed by atoms with van der Waals surface area (Å²) in [6.45, 7) is 2.03. The first-order valence-corrected chi connectivity index (χ1v) is 5.94. The van der Waals surface area contributed by atoms with Crippen molar-refractivity contribution in [2.45, 2.75) is 13.0 Å². The van der Waals surface area contributed by atoms with E-state index >= 15 is 0 Å². The van der Waals surface area contributed by atoms with E-state index in [4.69, 9.17) is 16.9 Å². The van der Waals surface area contributed by atoms with Gasteiger partial charge in [0, 0.05) is 23.5 Å². The standard InChI is InChI=1S/C14H12ClN3/c1-10(11-4-6-17-7-5-11)18-14-8-13(15)3-2-12(14)9-16/h2-8,10,18H,1H3. The van der Waals surface area contributed by atoms with Gasteiger partial charge in [-0.15, -0.1) is 0 Å². The molecule has 4 heteroatoms. The summed E-state index contributed by atoms with van der Waals surface area (Å²) < 4.78 is 0. The summed E-state index contributed by atoms with van der Waals surface area (Å²) in [6.07, 6.45) is 3.49. The highest BCUT2D eigenvalue weighted by atomic mass is 35.5. The Labute approximate surface area is 111 Å². The predicted octanol–water partition coefficient (Wildman–Crippen LogP) is 3.78. The molecule has 2 rings (SSSR count). The Morgan fingerprint density at radius 3 is 2.67 bits per heavy atom. The first kappa shape index (κ1) is 12.4. The van der Waals surface area contributed by atoms with Gasteiger partial charge in [0.2, 0.25) is 0 Å². The summed E-state index contributed by atoms with van der Waals surface area (Å²) in [5.74, 6) is 0. The number of nitriles is 1. The quantitative estimate of drug-likeness (QED) is 0.910. The van der Waals surface area contributed by atoms with Gasteiger partial charge in [-0.1, -0.05) is 11.6 Å². The first-order chi connectivity index (χ1) is 8.70. The Balaban J connectivity index is 2.24. The Morgan fingerprint density at radius 2 is 2.00 bits per heavy atom. The number of nitrogens with one attached hydrogen (secondary N) is 1. The van der Waals surface area contributed by atoms with Gasteiger partial charge < -0.3 is 5.32 Å². The van der Waals surface area contributed by atoms with E-state index < -0.39 is 0 Å². The van der Waals surface area contributed by atoms with Crippen LogP contribution in [0.3, 0.4) is 0 Å². The van der Waals surface area contributed by atoms with E-state index in [1.54, 1.807) is 30.6 Å². The number of anilines is 1. The molecule has 1 unspecified atom stereocenters. The van der Waals surface area contributed by atoms with Gasteiger partial charge in [-0.3, -0.25) is 4.98 Å². The number of hydrogen-bond acceptors (Lipinski definition) is 3. The summed E-state index contributed by atoms with van der Waals surface area (Å²) in [4.78, 5) is 3.98. The van der Waals surface area contributed by atoms with Gasteiger partial charge in [0.05, 0.1) is 11.3 Å². The average Bonchev–Trinajstić information content (AvgIpc) is 2.40. The second-order valence-electron chi connectivity index (χ2n) is 3.95. The van der Waals surface area contributed by atoms with Gasteiger partial charge >= 0.3 is 0 Å². The molecule has 1 heterocycles. The molecule has 0 saturated carbocycles. The van der Waals surface area contributed by atoms with E-state index in [-0.39, 0.29) is 6.04 Å². The lowest BCUT2D eigenvalue weighted by Gasteiger charge is -2.16. The zero-order chi connectivity index (χ0) is 13.0. The molecule has 3 nitrogen and oxygen atoms in total. The minimum atomic E-state index is 0.0820. The fourth-order valence-corrected chi connectivity index (χ4v) is 1.87. The largest absolute Gasteiger partial charge is 0.377 e. The Morgan fingerprint density at radius 1 is 1.28 bits per heavy atom. The highest BCUT2D eigenvalue weighted by Gasteiger charge is 2.08. The van der Waals surface area contributed by atoms with Crippen molar-refractivity contribution in [3.63, 3.8) is 0 Å². The van der Waals surface area contributed by atoms with Crippen LogP contribution in [0.25, 0.3) is 0 Å². The molecule has 0 saturated heterocycles. The van der Waals surface area contributed by atoms with Crippen LogP contribution in [0.2, 0.25) is 5.02 Å². The zero-order valence-corrected chi connectivity index (χ0v) is 10.6. The van der Waals surface area contributed by atoms with Crippen LogP contribution in [0.5, 0.6) is 0 Å². The smallest absolute Gasteiger partial charge is 0.101 e. The van der Waals surface area contributed by atoms with Gasteiger partial charge in [0.1, 0.15) is 6.07 Å². The molecule has 0 fully saturated rings. The van der Waals surface area contributed by atoms with Crippen molar-refractivity contribution < 1.29 is 0 Å². The fraction of sp³-hybridized carbons (Fsp3) is 0.143. The normalized spacial score (nSPS) is 11.6. The third-order valence-electron chi connectivity index (χ3n) is 2.68. The molecule has 2 aromatic rings. The van der Waals surface area contributed by atoms with Crippen LogP contribution in [0.15, 0.2) is 42.7 Å². The van der Waals surface area contributed by atoms with Crippen molar-refractivity contribution >= 4 is 17.3 Å². The maximum atomic E-state index is 9.05. The van der Waals surface area contributed by atoms with E-state index in [2.05, 4.69) is 16.4 Å². The van der Waals surface area contributed by atoms with E-state index in [9.17, 15) is 0 Å². The van der Waals surface area contributed by atoms with Crippen LogP contribution in [0.4, 0.5) is 5.69 Å². The van der Waals surface area contributed by atoms with E-state index in [1.165, 1.54) is 0 Å². The van der Waals surface area contributed by atoms with E-state index in [0.29, 0.717) is 10.6 Å². The molecule has 1 aromatic carbocycles. The number of rotatable bonds is 3. The average molecular weight is 258 g/mol. The third-order valence-corrected chi connectivity index (χ3v) is 2.92. The lowest BCUT2D eigenvalue weighted by Crippen LogP contribution is -2.07. The number of pyridine rings is 1. The number of nitrogens with zero attached hydrogens (tertiary/aromatic N) is 2. The van der Waals surface area contributed by atoms with Crippen molar-refractivity contribution in [3.05, 3.63) is 58.9 Å². The van der Waals surface area contributed by atoms with Gasteiger partial charge in [0.15, 0.2) is 0 Å². The van der Waals surface area contributed by atoms with Crippen LogP contribution < -0.4 is 5.32 Å². The Bertz CT molecular complexity index is 575. The number of hydrogen-bond donors (Lipinski definition) is 1. The zero-order valence-electron chi connectivity index (χ0n) is 9.89. The fourth-order valence-electron chi connectivity index (χ4n) is 1.70. The van der Waals surface area contributed by atoms with Gasteiger partial charge in [-0.25, -0.2) is 0 Å². The topological polar surface area (TPSA) is 48.7 Å². The molecular weight excluding hydrogens is 246 g/mol. The van der Waals surface area contributed by atoms with Crippen LogP contribution in [-0.4, -0.2) is 4.98 Å². The van der Waals surface area contributed by atoms with Crippen LogP contribution in [0, 0.1) is 11.3 Å². The molecule has 0 aliphatic carbocycles. The second-order valence-corrected chi connectivity index (χ2v) is 4.38. The minimum Gasteiger partial charge on any atom is -0.377 e. The van der Waals surface area contributed by atoms with Crippen molar-refractivity contribution in [1.82, 2.24) is 4.98 Å². The summed E-state index contributed by atoms with van der Waals surface area (Å²) >= 11 is 5.94. The molecule has 0 aliphatic heterocycles. The molecule has 1 aromatic heterocycles. The maximum Gasteiger partial charge on any atom is 0.101 e. The number of benzene rings is 1. The molecule has 0 spiro atoms. The van der Waals surface area contributed by atoms with Crippen LogP contribution >= 0.6 is 11.6 Å². The molecule has 0 radical (unpaired) electrons. The second kappa shape index (κ2) is 5.52. The molecule has 90 valence electrons. The molecule has 1 atom stereocenters. The van der Waals surface area contributed by atoms with Gasteiger partial charge in [0.25, 0.3) is 0 Å². The van der Waals surface area contributed by atoms with Gasteiger partial charge in [-0.2, -0.15) is 5.26 Å². The lowest BCUT2D eigenvalue weighted by atomic mass is 10.1. The van der Waals surface area contributed by atoms with Crippen molar-refractivity contribution in [1.29, 1.82) is 5.26 Å². The van der Waals surface area contributed by atoms with Crippen LogP contribution in [0.1, 0.15) is 24.1 Å². The lowest BCUT2D eigenvalue weighted by molar-refractivity contribution is 0.880. The molecule has 0 amide bonds. The highest BCUT2D eigenvalue weighted by molar-refractivity contribution is 6.30. The highest BCUT2D eigenvalue weighted by Crippen LogP contribution is 2.24. The van der Waals surface area contributed by atoms with Gasteiger partial charge in [-0.05, 0) is 42.8 Å². The number of halogens is 1. The summed E-state index contributed by atoms with van der Waals surface area (Å²) in [6, 6.07) is 11.3. The van der Waals surface area contributed by atoms with E-state index in [0.717, 1.165) is 11.3 Å². The predicted molar refractivity (Wildman–Crippen MR) is 72.4 cm³/mol. The molecule has 18 heavy (non-hydrogen) atoms. The van der Waals surface area contributed by atoms with Crippen molar-refractivity contribution in [3.8, 4) is 6.07 Å². The molecular formula is C14H12ClN3. The first-order valence-electron chi connectivity index (χ1n) is 5.57. The summed E-state index contributed by atoms with van der Waals surface area (Å²) in [5, 5.41) is 12.9. The summed E-state index contributed by atoms with van der Waals surface area (Å²) in [7, 11) is 0. The van der Waals surface area contributed by atoms with Crippen LogP contribution in [-0.2, 0) is 0 Å². The Kier molecular flexibility index (Phi) is 3.81. The minimum absolute atomic E-state index is 0.0820. The summed E-state index contributed by atoms with van der Waals surface area (Å²) in [5.41, 5.74) is 2.43. The van der Waals surface area contributed by atoms with E-state index in [1.807, 2.05) is 19.1 Å². The van der Waals surface area contributed by atoms with Crippen molar-refractivity contribution in [2.75, 3.05) is 5.32 Å². The monoisotopic (exact) mass is 257 g/mol. The molecule has 0 aliphatic rings. The third kappa shape index (κ3) is 2.79. The SMILES string of the molecule is CC(Nc1cc(Cl)ccc1C#N)c1ccncc1. The molecule has 0 bridgehead atoms. The Hall–Kier alpha value is -2.05. The number of aromatic nitrogens is 1.